The fraction of sp³-hybridized carbons (Fsp3) is 0.714. The van der Waals surface area contributed by atoms with Crippen molar-refractivity contribution in [3.8, 4) is 0 Å². The molecule has 0 radical (unpaired) electrons. The lowest BCUT2D eigenvalue weighted by Gasteiger charge is -2.17. The molecule has 1 heterocycles. The van der Waals surface area contributed by atoms with Gasteiger partial charge in [0.15, 0.2) is 0 Å². The Bertz CT molecular complexity index is 312. The predicted molar refractivity (Wildman–Crippen MR) is 71.9 cm³/mol. The molecule has 1 aromatic heterocycles. The van der Waals surface area contributed by atoms with Gasteiger partial charge >= 0.3 is 0 Å². The van der Waals surface area contributed by atoms with Crippen molar-refractivity contribution in [3.05, 3.63) is 23.8 Å². The van der Waals surface area contributed by atoms with E-state index in [1.165, 1.54) is 32.1 Å². The summed E-state index contributed by atoms with van der Waals surface area (Å²) < 4.78 is 0. The second-order valence-corrected chi connectivity index (χ2v) is 4.49. The first-order valence-corrected chi connectivity index (χ1v) is 6.80. The lowest BCUT2D eigenvalue weighted by Crippen LogP contribution is -2.22. The van der Waals surface area contributed by atoms with E-state index in [1.807, 2.05) is 19.2 Å². The summed E-state index contributed by atoms with van der Waals surface area (Å²) in [5.41, 5.74) is 1.14. The summed E-state index contributed by atoms with van der Waals surface area (Å²) in [5.74, 6) is 0.860. The summed E-state index contributed by atoms with van der Waals surface area (Å²) in [6, 6.07) is 2.42. The largest absolute Gasteiger partial charge is 0.309 e. The van der Waals surface area contributed by atoms with E-state index in [-0.39, 0.29) is 0 Å². The molecule has 1 rings (SSSR count). The fourth-order valence-electron chi connectivity index (χ4n) is 2.04. The van der Waals surface area contributed by atoms with E-state index in [0.717, 1.165) is 18.1 Å². The molecule has 0 bridgehead atoms. The Morgan fingerprint density at radius 2 is 2.06 bits per heavy atom. The average Bonchev–Trinajstić information content (AvgIpc) is 2.33. The van der Waals surface area contributed by atoms with Crippen LogP contribution >= 0.6 is 0 Å². The van der Waals surface area contributed by atoms with Crippen LogP contribution in [0, 0.1) is 6.92 Å². The lowest BCUT2D eigenvalue weighted by atomic mass is 10.0. The van der Waals surface area contributed by atoms with Crippen LogP contribution in [0.5, 0.6) is 0 Å². The van der Waals surface area contributed by atoms with Crippen LogP contribution in [-0.2, 0) is 0 Å². The second kappa shape index (κ2) is 8.18. The quantitative estimate of drug-likeness (QED) is 0.702. The van der Waals surface area contributed by atoms with Gasteiger partial charge in [0.2, 0.25) is 0 Å². The second-order valence-electron chi connectivity index (χ2n) is 4.49. The van der Waals surface area contributed by atoms with Gasteiger partial charge in [0, 0.05) is 12.2 Å². The maximum absolute atomic E-state index is 4.52. The van der Waals surface area contributed by atoms with Gasteiger partial charge in [0.25, 0.3) is 0 Å². The van der Waals surface area contributed by atoms with Crippen LogP contribution in [0.15, 0.2) is 12.3 Å². The molecule has 0 fully saturated rings. The Labute approximate surface area is 105 Å². The third-order valence-corrected chi connectivity index (χ3v) is 2.95. The molecule has 0 amide bonds. The van der Waals surface area contributed by atoms with E-state index in [0.29, 0.717) is 6.04 Å². The van der Waals surface area contributed by atoms with Gasteiger partial charge in [0.1, 0.15) is 5.82 Å². The molecular formula is C14H25N3. The highest BCUT2D eigenvalue weighted by Crippen LogP contribution is 2.18. The van der Waals surface area contributed by atoms with E-state index in [9.17, 15) is 0 Å². The first-order chi connectivity index (χ1) is 8.27. The Balaban J connectivity index is 2.52. The minimum atomic E-state index is 0.388. The summed E-state index contributed by atoms with van der Waals surface area (Å²) in [6.07, 6.45) is 8.25. The zero-order valence-corrected chi connectivity index (χ0v) is 11.4. The van der Waals surface area contributed by atoms with E-state index in [1.54, 1.807) is 0 Å². The average molecular weight is 235 g/mol. The van der Waals surface area contributed by atoms with Crippen LogP contribution in [0.1, 0.15) is 63.5 Å². The van der Waals surface area contributed by atoms with Crippen molar-refractivity contribution in [3.63, 3.8) is 0 Å². The van der Waals surface area contributed by atoms with Crippen LogP contribution < -0.4 is 5.32 Å². The third-order valence-electron chi connectivity index (χ3n) is 2.95. The van der Waals surface area contributed by atoms with Crippen LogP contribution in [0.3, 0.4) is 0 Å². The van der Waals surface area contributed by atoms with Crippen molar-refractivity contribution < 1.29 is 0 Å². The van der Waals surface area contributed by atoms with E-state index < -0.39 is 0 Å². The molecule has 0 aliphatic rings. The molecule has 0 aliphatic carbocycles. The van der Waals surface area contributed by atoms with Crippen molar-refractivity contribution in [1.82, 2.24) is 15.3 Å². The topological polar surface area (TPSA) is 37.8 Å². The number of hydrogen-bond acceptors (Lipinski definition) is 3. The minimum Gasteiger partial charge on any atom is -0.309 e. The Morgan fingerprint density at radius 3 is 2.71 bits per heavy atom. The summed E-state index contributed by atoms with van der Waals surface area (Å²) in [6.45, 7) is 7.33. The molecule has 0 aromatic carbocycles. The van der Waals surface area contributed by atoms with Crippen molar-refractivity contribution in [2.75, 3.05) is 6.54 Å². The summed E-state index contributed by atoms with van der Waals surface area (Å²) >= 11 is 0. The van der Waals surface area contributed by atoms with Gasteiger partial charge in [-0.3, -0.25) is 0 Å². The standard InChI is InChI=1S/C14H25N3/c1-4-6-7-8-9-13(15-5-2)14-10-11-16-12(3)17-14/h10-11,13,15H,4-9H2,1-3H3. The summed E-state index contributed by atoms with van der Waals surface area (Å²) in [5, 5.41) is 3.51. The van der Waals surface area contributed by atoms with Gasteiger partial charge < -0.3 is 5.32 Å². The molecule has 1 atom stereocenters. The predicted octanol–water partition coefficient (Wildman–Crippen LogP) is 3.41. The molecule has 1 aromatic rings. The van der Waals surface area contributed by atoms with Crippen LogP contribution in [0.4, 0.5) is 0 Å². The monoisotopic (exact) mass is 235 g/mol. The molecular weight excluding hydrogens is 210 g/mol. The lowest BCUT2D eigenvalue weighted by molar-refractivity contribution is 0.471. The summed E-state index contributed by atoms with van der Waals surface area (Å²) in [4.78, 5) is 8.67. The zero-order chi connectivity index (χ0) is 12.5. The van der Waals surface area contributed by atoms with E-state index >= 15 is 0 Å². The highest BCUT2D eigenvalue weighted by molar-refractivity contribution is 5.07. The molecule has 17 heavy (non-hydrogen) atoms. The van der Waals surface area contributed by atoms with Crippen molar-refractivity contribution in [1.29, 1.82) is 0 Å². The highest BCUT2D eigenvalue weighted by Gasteiger charge is 2.11. The minimum absolute atomic E-state index is 0.388. The fourth-order valence-corrected chi connectivity index (χ4v) is 2.04. The van der Waals surface area contributed by atoms with Gasteiger partial charge in [-0.1, -0.05) is 39.5 Å². The van der Waals surface area contributed by atoms with Crippen molar-refractivity contribution >= 4 is 0 Å². The number of aromatic nitrogens is 2. The Kier molecular flexibility index (Phi) is 6.78. The maximum atomic E-state index is 4.52. The van der Waals surface area contributed by atoms with Gasteiger partial charge in [-0.25, -0.2) is 9.97 Å². The maximum Gasteiger partial charge on any atom is 0.125 e. The Morgan fingerprint density at radius 1 is 1.24 bits per heavy atom. The SMILES string of the molecule is CCCCCCC(NCC)c1ccnc(C)n1. The number of aryl methyl sites for hydroxylation is 1. The van der Waals surface area contributed by atoms with Crippen LogP contribution in [-0.4, -0.2) is 16.5 Å². The zero-order valence-electron chi connectivity index (χ0n) is 11.4. The Hall–Kier alpha value is -0.960. The molecule has 0 aliphatic heterocycles. The number of unbranched alkanes of at least 4 members (excludes halogenated alkanes) is 3. The molecule has 1 N–H and O–H groups in total. The molecule has 3 nitrogen and oxygen atoms in total. The van der Waals surface area contributed by atoms with E-state index in [2.05, 4.69) is 29.1 Å². The normalized spacial score (nSPS) is 12.6. The molecule has 1 unspecified atom stereocenters. The highest BCUT2D eigenvalue weighted by atomic mass is 15.0. The van der Waals surface area contributed by atoms with E-state index in [4.69, 9.17) is 0 Å². The number of nitrogens with one attached hydrogen (secondary N) is 1. The van der Waals surface area contributed by atoms with Gasteiger partial charge in [0.05, 0.1) is 5.69 Å². The van der Waals surface area contributed by atoms with Crippen molar-refractivity contribution in [2.24, 2.45) is 0 Å². The molecule has 0 saturated heterocycles. The number of nitrogens with zero attached hydrogens (tertiary/aromatic N) is 2. The van der Waals surface area contributed by atoms with Gasteiger partial charge in [-0.2, -0.15) is 0 Å². The molecule has 0 saturated carbocycles. The molecule has 3 heteroatoms. The number of hydrogen-bond donors (Lipinski definition) is 1. The molecule has 96 valence electrons. The van der Waals surface area contributed by atoms with Gasteiger partial charge in [-0.15, -0.1) is 0 Å². The molecule has 0 spiro atoms. The smallest absolute Gasteiger partial charge is 0.125 e. The summed E-state index contributed by atoms with van der Waals surface area (Å²) in [7, 11) is 0. The van der Waals surface area contributed by atoms with Crippen LogP contribution in [0.25, 0.3) is 0 Å². The van der Waals surface area contributed by atoms with Gasteiger partial charge in [-0.05, 0) is 26.0 Å². The first-order valence-electron chi connectivity index (χ1n) is 6.80. The third kappa shape index (κ3) is 5.26. The number of rotatable bonds is 8. The van der Waals surface area contributed by atoms with Crippen LogP contribution in [0.2, 0.25) is 0 Å². The van der Waals surface area contributed by atoms with Crippen molar-refractivity contribution in [2.45, 2.75) is 58.9 Å². The first kappa shape index (κ1) is 14.1.